The Kier molecular flexibility index (Phi) is 7.21. The lowest BCUT2D eigenvalue weighted by molar-refractivity contribution is 0.146. The molecule has 0 atom stereocenters. The first-order valence-electron chi connectivity index (χ1n) is 11.2. The fourth-order valence-electron chi connectivity index (χ4n) is 3.52. The molecule has 0 N–H and O–H groups in total. The quantitative estimate of drug-likeness (QED) is 0.338. The van der Waals surface area contributed by atoms with Crippen molar-refractivity contribution in [3.63, 3.8) is 0 Å². The molecule has 0 radical (unpaired) electrons. The van der Waals surface area contributed by atoms with Gasteiger partial charge in [0.05, 0.1) is 24.4 Å². The zero-order valence-electron chi connectivity index (χ0n) is 19.8. The van der Waals surface area contributed by atoms with Gasteiger partial charge in [0, 0.05) is 18.0 Å². The molecule has 9 heteroatoms. The SMILES string of the molecule is COc1cc2nc(N(CCC(C)C)C(=O)OCc3ccccc3)nc(C#N)c2cc1-c1cnco1. The Hall–Kier alpha value is -4.45. The largest absolute Gasteiger partial charge is 0.496 e. The van der Waals surface area contributed by atoms with Gasteiger partial charge in [-0.1, -0.05) is 44.2 Å². The molecule has 2 aromatic heterocycles. The smallest absolute Gasteiger partial charge is 0.417 e. The highest BCUT2D eigenvalue weighted by atomic mass is 16.6. The molecule has 0 spiro atoms. The van der Waals surface area contributed by atoms with Gasteiger partial charge >= 0.3 is 6.09 Å². The minimum atomic E-state index is -0.581. The van der Waals surface area contributed by atoms with E-state index >= 15 is 0 Å². The van der Waals surface area contributed by atoms with Crippen LogP contribution in [0.5, 0.6) is 5.75 Å². The lowest BCUT2D eigenvalue weighted by Gasteiger charge is -2.22. The zero-order chi connectivity index (χ0) is 24.8. The van der Waals surface area contributed by atoms with E-state index in [-0.39, 0.29) is 18.2 Å². The third kappa shape index (κ3) is 5.38. The molecule has 35 heavy (non-hydrogen) atoms. The summed E-state index contributed by atoms with van der Waals surface area (Å²) in [5, 5.41) is 10.4. The van der Waals surface area contributed by atoms with E-state index in [0.29, 0.717) is 46.9 Å². The average molecular weight is 472 g/mol. The minimum Gasteiger partial charge on any atom is -0.496 e. The van der Waals surface area contributed by atoms with Crippen LogP contribution >= 0.6 is 0 Å². The monoisotopic (exact) mass is 471 g/mol. The maximum Gasteiger partial charge on any atom is 0.417 e. The zero-order valence-corrected chi connectivity index (χ0v) is 19.8. The van der Waals surface area contributed by atoms with Crippen LogP contribution in [0.3, 0.4) is 0 Å². The molecule has 2 heterocycles. The summed E-state index contributed by atoms with van der Waals surface area (Å²) in [5.74, 6) is 1.41. The minimum absolute atomic E-state index is 0.0993. The molecule has 0 saturated heterocycles. The van der Waals surface area contributed by atoms with Gasteiger partial charge in [0.2, 0.25) is 5.95 Å². The number of hydrogen-bond donors (Lipinski definition) is 0. The van der Waals surface area contributed by atoms with Gasteiger partial charge < -0.3 is 13.9 Å². The number of methoxy groups -OCH3 is 1. The van der Waals surface area contributed by atoms with Crippen LogP contribution in [0.25, 0.3) is 22.2 Å². The van der Waals surface area contributed by atoms with Crippen molar-refractivity contribution < 1.29 is 18.7 Å². The highest BCUT2D eigenvalue weighted by molar-refractivity contribution is 5.93. The summed E-state index contributed by atoms with van der Waals surface area (Å²) in [4.78, 5) is 27.4. The van der Waals surface area contributed by atoms with Crippen LogP contribution < -0.4 is 9.64 Å². The maximum absolute atomic E-state index is 13.1. The van der Waals surface area contributed by atoms with Gasteiger partial charge in [-0.15, -0.1) is 0 Å². The number of anilines is 1. The van der Waals surface area contributed by atoms with Gasteiger partial charge in [0.15, 0.2) is 17.8 Å². The van der Waals surface area contributed by atoms with Gasteiger partial charge in [0.1, 0.15) is 18.4 Å². The molecule has 4 rings (SSSR count). The van der Waals surface area contributed by atoms with Crippen molar-refractivity contribution in [2.45, 2.75) is 26.9 Å². The Labute approximate surface area is 203 Å². The van der Waals surface area contributed by atoms with Crippen LogP contribution in [0.4, 0.5) is 10.7 Å². The lowest BCUT2D eigenvalue weighted by atomic mass is 10.1. The normalized spacial score (nSPS) is 10.8. The highest BCUT2D eigenvalue weighted by Gasteiger charge is 2.23. The van der Waals surface area contributed by atoms with Gasteiger partial charge in [-0.3, -0.25) is 0 Å². The number of hydrogen-bond acceptors (Lipinski definition) is 8. The second-order valence-electron chi connectivity index (χ2n) is 8.29. The summed E-state index contributed by atoms with van der Waals surface area (Å²) in [5.41, 5.74) is 2.06. The molecule has 178 valence electrons. The Bertz CT molecular complexity index is 1350. The van der Waals surface area contributed by atoms with Crippen molar-refractivity contribution in [2.24, 2.45) is 5.92 Å². The molecule has 0 saturated carbocycles. The van der Waals surface area contributed by atoms with E-state index < -0.39 is 6.09 Å². The predicted octanol–water partition coefficient (Wildman–Crippen LogP) is 5.35. The van der Waals surface area contributed by atoms with E-state index in [0.717, 1.165) is 5.56 Å². The van der Waals surface area contributed by atoms with Crippen molar-refractivity contribution in [1.29, 1.82) is 5.26 Å². The van der Waals surface area contributed by atoms with Crippen LogP contribution in [-0.2, 0) is 11.3 Å². The van der Waals surface area contributed by atoms with Crippen LogP contribution in [0.2, 0.25) is 0 Å². The number of nitrogens with zero attached hydrogens (tertiary/aromatic N) is 5. The number of nitriles is 1. The number of aromatic nitrogens is 3. The van der Waals surface area contributed by atoms with Crippen LogP contribution in [-0.4, -0.2) is 34.7 Å². The molecular formula is C26H25N5O4. The summed E-state index contributed by atoms with van der Waals surface area (Å²) in [6.07, 6.45) is 3.00. The number of benzene rings is 2. The third-order valence-electron chi connectivity index (χ3n) is 5.41. The summed E-state index contributed by atoms with van der Waals surface area (Å²) in [6, 6.07) is 15.0. The van der Waals surface area contributed by atoms with Crippen LogP contribution in [0, 0.1) is 17.2 Å². The van der Waals surface area contributed by atoms with Gasteiger partial charge in [-0.2, -0.15) is 5.26 Å². The molecular weight excluding hydrogens is 446 g/mol. The number of carbonyl (C=O) groups excluding carboxylic acids is 1. The number of ether oxygens (including phenoxy) is 2. The van der Waals surface area contributed by atoms with Crippen LogP contribution in [0.15, 0.2) is 59.5 Å². The fraction of sp³-hybridized carbons (Fsp3) is 0.269. The predicted molar refractivity (Wildman–Crippen MR) is 130 cm³/mol. The Balaban J connectivity index is 1.73. The van der Waals surface area contributed by atoms with Crippen molar-refractivity contribution in [3.05, 3.63) is 66.3 Å². The summed E-state index contributed by atoms with van der Waals surface area (Å²) < 4.78 is 16.5. The second kappa shape index (κ2) is 10.7. The van der Waals surface area contributed by atoms with E-state index in [1.165, 1.54) is 18.4 Å². The molecule has 0 fully saturated rings. The van der Waals surface area contributed by atoms with Gasteiger partial charge in [-0.05, 0) is 24.0 Å². The van der Waals surface area contributed by atoms with Crippen molar-refractivity contribution in [2.75, 3.05) is 18.6 Å². The number of oxazole rings is 1. The number of carbonyl (C=O) groups is 1. The Morgan fingerprint density at radius 3 is 2.66 bits per heavy atom. The number of amides is 1. The lowest BCUT2D eigenvalue weighted by Crippen LogP contribution is -2.34. The van der Waals surface area contributed by atoms with Crippen LogP contribution in [0.1, 0.15) is 31.5 Å². The maximum atomic E-state index is 13.1. The Morgan fingerprint density at radius 1 is 1.20 bits per heavy atom. The Morgan fingerprint density at radius 2 is 2.00 bits per heavy atom. The number of rotatable bonds is 8. The second-order valence-corrected chi connectivity index (χ2v) is 8.29. The molecule has 4 aromatic rings. The average Bonchev–Trinajstić information content (AvgIpc) is 3.41. The molecule has 1 amide bonds. The summed E-state index contributed by atoms with van der Waals surface area (Å²) in [7, 11) is 1.53. The molecule has 0 aliphatic carbocycles. The summed E-state index contributed by atoms with van der Waals surface area (Å²) in [6.45, 7) is 4.58. The first-order valence-corrected chi connectivity index (χ1v) is 11.2. The van der Waals surface area contributed by atoms with Crippen molar-refractivity contribution >= 4 is 22.9 Å². The highest BCUT2D eigenvalue weighted by Crippen LogP contribution is 2.35. The van der Waals surface area contributed by atoms with Gasteiger partial charge in [-0.25, -0.2) is 24.6 Å². The topological polar surface area (TPSA) is 114 Å². The third-order valence-corrected chi connectivity index (χ3v) is 5.41. The summed E-state index contributed by atoms with van der Waals surface area (Å²) >= 11 is 0. The molecule has 2 aromatic carbocycles. The number of fused-ring (bicyclic) bond motifs is 1. The van der Waals surface area contributed by atoms with Crippen molar-refractivity contribution in [3.8, 4) is 23.1 Å². The van der Waals surface area contributed by atoms with Gasteiger partial charge in [0.25, 0.3) is 0 Å². The first kappa shape index (κ1) is 23.7. The first-order chi connectivity index (χ1) is 17.0. The van der Waals surface area contributed by atoms with Crippen molar-refractivity contribution in [1.82, 2.24) is 15.0 Å². The van der Waals surface area contributed by atoms with E-state index in [9.17, 15) is 10.1 Å². The van der Waals surface area contributed by atoms with E-state index in [1.54, 1.807) is 18.3 Å². The molecule has 0 aliphatic rings. The van der Waals surface area contributed by atoms with E-state index in [1.807, 2.05) is 30.3 Å². The fourth-order valence-corrected chi connectivity index (χ4v) is 3.52. The molecule has 0 bridgehead atoms. The van der Waals surface area contributed by atoms with E-state index in [2.05, 4.69) is 34.9 Å². The van der Waals surface area contributed by atoms with E-state index in [4.69, 9.17) is 13.9 Å². The molecule has 0 unspecified atom stereocenters. The molecule has 0 aliphatic heterocycles. The molecule has 9 nitrogen and oxygen atoms in total. The standard InChI is InChI=1S/C26H25N5O4/c1-17(2)9-10-31(26(32)34-15-18-7-5-4-6-8-18)25-29-21-12-23(33-3)20(24-14-28-16-35-24)11-19(21)22(13-27)30-25/h4-8,11-12,14,16-17H,9-10,15H2,1-3H3.